The van der Waals surface area contributed by atoms with Gasteiger partial charge < -0.3 is 15.3 Å². The standard InChI is InChI=1S/C20H18O5/c21-16-6-3-7-17(22)19(16)18(23)11-14(20(24)25)10-13-9-8-12-4-1-2-5-15(12)13/h1-7,9,14,21-22H,8,10-11H2,(H,24,25)/t14-/m1/s1. The van der Waals surface area contributed by atoms with Crippen molar-refractivity contribution >= 4 is 17.3 Å². The van der Waals surface area contributed by atoms with E-state index in [0.29, 0.717) is 0 Å². The molecule has 0 bridgehead atoms. The zero-order chi connectivity index (χ0) is 18.0. The van der Waals surface area contributed by atoms with Gasteiger partial charge in [0.2, 0.25) is 0 Å². The minimum atomic E-state index is -1.08. The Morgan fingerprint density at radius 2 is 1.68 bits per heavy atom. The van der Waals surface area contributed by atoms with Crippen LogP contribution in [0.1, 0.15) is 34.3 Å². The Kier molecular flexibility index (Phi) is 4.57. The number of ketones is 1. The summed E-state index contributed by atoms with van der Waals surface area (Å²) in [6.45, 7) is 0. The Labute approximate surface area is 144 Å². The highest BCUT2D eigenvalue weighted by Crippen LogP contribution is 2.34. The third-order valence-corrected chi connectivity index (χ3v) is 4.48. The molecule has 128 valence electrons. The molecule has 1 aliphatic carbocycles. The summed E-state index contributed by atoms with van der Waals surface area (Å²) in [6, 6.07) is 11.8. The van der Waals surface area contributed by atoms with E-state index in [1.807, 2.05) is 30.3 Å². The average molecular weight is 338 g/mol. The molecule has 0 radical (unpaired) electrons. The van der Waals surface area contributed by atoms with Crippen LogP contribution >= 0.6 is 0 Å². The molecular weight excluding hydrogens is 320 g/mol. The van der Waals surface area contributed by atoms with Crippen molar-refractivity contribution in [3.05, 3.63) is 65.2 Å². The summed E-state index contributed by atoms with van der Waals surface area (Å²) in [5, 5.41) is 29.1. The molecule has 0 fully saturated rings. The SMILES string of the molecule is O=C(C[C@@H](CC1=CCc2ccccc21)C(=O)O)c1c(O)cccc1O. The zero-order valence-corrected chi connectivity index (χ0v) is 13.5. The molecule has 2 aromatic carbocycles. The summed E-state index contributed by atoms with van der Waals surface area (Å²) in [5.41, 5.74) is 2.85. The molecule has 0 aromatic heterocycles. The molecule has 5 nitrogen and oxygen atoms in total. The minimum Gasteiger partial charge on any atom is -0.507 e. The van der Waals surface area contributed by atoms with Gasteiger partial charge in [0.05, 0.1) is 5.92 Å². The van der Waals surface area contributed by atoms with Crippen LogP contribution in [-0.2, 0) is 11.2 Å². The van der Waals surface area contributed by atoms with Crippen LogP contribution in [0.15, 0.2) is 48.5 Å². The number of carbonyl (C=O) groups is 2. The second-order valence-corrected chi connectivity index (χ2v) is 6.13. The quantitative estimate of drug-likeness (QED) is 0.702. The van der Waals surface area contributed by atoms with Gasteiger partial charge in [0.15, 0.2) is 5.78 Å². The number of hydrogen-bond acceptors (Lipinski definition) is 4. The number of aliphatic carboxylic acids is 1. The maximum absolute atomic E-state index is 12.4. The van der Waals surface area contributed by atoms with Gasteiger partial charge in [-0.25, -0.2) is 0 Å². The van der Waals surface area contributed by atoms with Gasteiger partial charge in [-0.1, -0.05) is 36.4 Å². The number of phenolic OH excluding ortho intramolecular Hbond substituents is 2. The number of Topliss-reactive ketones (excluding diaryl/α,β-unsaturated/α-hetero) is 1. The molecule has 0 spiro atoms. The molecule has 2 aromatic rings. The fourth-order valence-corrected chi connectivity index (χ4v) is 3.20. The number of carbonyl (C=O) groups excluding carboxylic acids is 1. The lowest BCUT2D eigenvalue weighted by molar-refractivity contribution is -0.141. The number of phenols is 2. The Morgan fingerprint density at radius 3 is 2.36 bits per heavy atom. The van der Waals surface area contributed by atoms with Crippen LogP contribution in [-0.4, -0.2) is 27.1 Å². The lowest BCUT2D eigenvalue weighted by Crippen LogP contribution is -2.18. The van der Waals surface area contributed by atoms with Crippen molar-refractivity contribution in [1.29, 1.82) is 0 Å². The van der Waals surface area contributed by atoms with Crippen molar-refractivity contribution in [1.82, 2.24) is 0 Å². The van der Waals surface area contributed by atoms with Crippen LogP contribution in [0.5, 0.6) is 11.5 Å². The maximum Gasteiger partial charge on any atom is 0.307 e. The molecule has 0 saturated heterocycles. The van der Waals surface area contributed by atoms with Crippen LogP contribution in [0.3, 0.4) is 0 Å². The van der Waals surface area contributed by atoms with Crippen molar-refractivity contribution < 1.29 is 24.9 Å². The molecular formula is C20H18O5. The van der Waals surface area contributed by atoms with Gasteiger partial charge in [0.1, 0.15) is 17.1 Å². The normalized spacial score (nSPS) is 13.8. The van der Waals surface area contributed by atoms with Gasteiger partial charge >= 0.3 is 5.97 Å². The second kappa shape index (κ2) is 6.81. The predicted octanol–water partition coefficient (Wildman–Crippen LogP) is 3.40. The summed E-state index contributed by atoms with van der Waals surface area (Å²) in [7, 11) is 0. The lowest BCUT2D eigenvalue weighted by atomic mass is 9.89. The zero-order valence-electron chi connectivity index (χ0n) is 13.5. The second-order valence-electron chi connectivity index (χ2n) is 6.13. The van der Waals surface area contributed by atoms with Crippen molar-refractivity contribution in [3.63, 3.8) is 0 Å². The molecule has 25 heavy (non-hydrogen) atoms. The highest BCUT2D eigenvalue weighted by Gasteiger charge is 2.27. The topological polar surface area (TPSA) is 94.8 Å². The van der Waals surface area contributed by atoms with E-state index < -0.39 is 17.7 Å². The van der Waals surface area contributed by atoms with E-state index in [2.05, 4.69) is 0 Å². The van der Waals surface area contributed by atoms with Gasteiger partial charge in [0, 0.05) is 6.42 Å². The Hall–Kier alpha value is -3.08. The number of allylic oxidation sites excluding steroid dienone is 2. The Bertz CT molecular complexity index is 846. The van der Waals surface area contributed by atoms with Crippen LogP contribution in [0, 0.1) is 5.92 Å². The fourth-order valence-electron chi connectivity index (χ4n) is 3.20. The van der Waals surface area contributed by atoms with Gasteiger partial charge in [-0.15, -0.1) is 0 Å². The minimum absolute atomic E-state index is 0.227. The molecule has 3 N–H and O–H groups in total. The van der Waals surface area contributed by atoms with Gasteiger partial charge in [-0.3, -0.25) is 9.59 Å². The fraction of sp³-hybridized carbons (Fsp3) is 0.200. The monoisotopic (exact) mass is 338 g/mol. The Morgan fingerprint density at radius 1 is 1.00 bits per heavy atom. The van der Waals surface area contributed by atoms with Crippen LogP contribution in [0.4, 0.5) is 0 Å². The molecule has 0 unspecified atom stereocenters. The van der Waals surface area contributed by atoms with Gasteiger partial charge in [-0.2, -0.15) is 0 Å². The summed E-state index contributed by atoms with van der Waals surface area (Å²) in [5.74, 6) is -3.29. The van der Waals surface area contributed by atoms with E-state index in [9.17, 15) is 24.9 Å². The average Bonchev–Trinajstić information content (AvgIpc) is 2.97. The number of fused-ring (bicyclic) bond motifs is 1. The summed E-state index contributed by atoms with van der Waals surface area (Å²) >= 11 is 0. The number of aromatic hydroxyl groups is 2. The molecule has 5 heteroatoms. The largest absolute Gasteiger partial charge is 0.507 e. The number of rotatable bonds is 6. The van der Waals surface area contributed by atoms with E-state index in [1.165, 1.54) is 18.2 Å². The van der Waals surface area contributed by atoms with Gasteiger partial charge in [0.25, 0.3) is 0 Å². The predicted molar refractivity (Wildman–Crippen MR) is 92.6 cm³/mol. The van der Waals surface area contributed by atoms with E-state index in [1.54, 1.807) is 0 Å². The van der Waals surface area contributed by atoms with E-state index in [0.717, 1.165) is 23.1 Å². The first-order valence-corrected chi connectivity index (χ1v) is 8.01. The summed E-state index contributed by atoms with van der Waals surface area (Å²) < 4.78 is 0. The summed E-state index contributed by atoms with van der Waals surface area (Å²) in [6.07, 6.45) is 2.68. The van der Waals surface area contributed by atoms with Crippen LogP contribution in [0.2, 0.25) is 0 Å². The maximum atomic E-state index is 12.4. The third kappa shape index (κ3) is 3.40. The van der Waals surface area contributed by atoms with Crippen molar-refractivity contribution in [2.45, 2.75) is 19.3 Å². The highest BCUT2D eigenvalue weighted by molar-refractivity contribution is 6.02. The van der Waals surface area contributed by atoms with Crippen LogP contribution in [0.25, 0.3) is 5.57 Å². The number of carboxylic acids is 1. The first-order chi connectivity index (χ1) is 12.0. The van der Waals surface area contributed by atoms with Crippen LogP contribution < -0.4 is 0 Å². The lowest BCUT2D eigenvalue weighted by Gasteiger charge is -2.14. The molecule has 1 atom stereocenters. The molecule has 0 aliphatic heterocycles. The van der Waals surface area contributed by atoms with Crippen molar-refractivity contribution in [3.8, 4) is 11.5 Å². The van der Waals surface area contributed by atoms with Crippen molar-refractivity contribution in [2.75, 3.05) is 0 Å². The number of carboxylic acid groups (broad SMARTS) is 1. The van der Waals surface area contributed by atoms with E-state index in [-0.39, 0.29) is 29.9 Å². The van der Waals surface area contributed by atoms with Crippen molar-refractivity contribution in [2.24, 2.45) is 5.92 Å². The molecule has 0 heterocycles. The van der Waals surface area contributed by atoms with E-state index in [4.69, 9.17) is 0 Å². The number of hydrogen-bond donors (Lipinski definition) is 3. The third-order valence-electron chi connectivity index (χ3n) is 4.48. The van der Waals surface area contributed by atoms with E-state index >= 15 is 0 Å². The first kappa shape index (κ1) is 16.8. The molecule has 3 rings (SSSR count). The molecule has 1 aliphatic rings. The first-order valence-electron chi connectivity index (χ1n) is 8.01. The number of benzene rings is 2. The highest BCUT2D eigenvalue weighted by atomic mass is 16.4. The Balaban J connectivity index is 1.79. The summed E-state index contributed by atoms with van der Waals surface area (Å²) in [4.78, 5) is 24.0. The molecule has 0 amide bonds. The smallest absolute Gasteiger partial charge is 0.307 e. The van der Waals surface area contributed by atoms with Gasteiger partial charge in [-0.05, 0) is 41.7 Å². The molecule has 0 saturated carbocycles.